The Hall–Kier alpha value is -2.24. The van der Waals surface area contributed by atoms with Crippen LogP contribution in [0.3, 0.4) is 0 Å². The molecule has 0 saturated heterocycles. The van der Waals surface area contributed by atoms with Gasteiger partial charge in [-0.3, -0.25) is 9.59 Å². The molecule has 126 valence electrons. The maximum atomic E-state index is 11.9. The van der Waals surface area contributed by atoms with Crippen molar-refractivity contribution in [1.82, 2.24) is 0 Å². The highest BCUT2D eigenvalue weighted by Crippen LogP contribution is 2.22. The first kappa shape index (κ1) is 18.1. The monoisotopic (exact) mass is 367 g/mol. The zero-order valence-corrected chi connectivity index (χ0v) is 14.4. The Labute approximate surface area is 149 Å². The molecule has 24 heavy (non-hydrogen) atoms. The maximum absolute atomic E-state index is 11.9. The third kappa shape index (κ3) is 5.76. The number of hydrogen-bond donors (Lipinski definition) is 1. The predicted octanol–water partition coefficient (Wildman–Crippen LogP) is 3.73. The van der Waals surface area contributed by atoms with Crippen molar-refractivity contribution >= 4 is 40.8 Å². The van der Waals surface area contributed by atoms with E-state index in [-0.39, 0.29) is 24.9 Å². The fraction of sp³-hybridized carbons (Fsp3) is 0.176. The molecule has 1 N–H and O–H groups in total. The predicted molar refractivity (Wildman–Crippen MR) is 92.7 cm³/mol. The quantitative estimate of drug-likeness (QED) is 0.790. The number of carbonyl (C=O) groups excluding carboxylic acids is 2. The standard InChI is InChI=1S/C17H15Cl2NO4/c1-23-17(22)6-11-2-4-15(5-3-11)24-10-16(21)20-14-8-12(18)7-13(19)9-14/h2-5,7-9H,6,10H2,1H3,(H,20,21). The van der Waals surface area contributed by atoms with E-state index in [1.165, 1.54) is 7.11 Å². The fourth-order valence-electron chi connectivity index (χ4n) is 1.91. The first-order chi connectivity index (χ1) is 11.5. The van der Waals surface area contributed by atoms with Gasteiger partial charge in [0.2, 0.25) is 0 Å². The molecule has 0 heterocycles. The van der Waals surface area contributed by atoms with Crippen LogP contribution in [0.15, 0.2) is 42.5 Å². The minimum Gasteiger partial charge on any atom is -0.484 e. The van der Waals surface area contributed by atoms with E-state index in [1.807, 2.05) is 0 Å². The number of rotatable bonds is 6. The van der Waals surface area contributed by atoms with Crippen LogP contribution >= 0.6 is 23.2 Å². The van der Waals surface area contributed by atoms with Crippen molar-refractivity contribution in [3.8, 4) is 5.75 Å². The van der Waals surface area contributed by atoms with Gasteiger partial charge in [-0.1, -0.05) is 35.3 Å². The van der Waals surface area contributed by atoms with Gasteiger partial charge in [-0.05, 0) is 35.9 Å². The van der Waals surface area contributed by atoms with Gasteiger partial charge in [0.25, 0.3) is 5.91 Å². The second-order valence-electron chi connectivity index (χ2n) is 4.89. The van der Waals surface area contributed by atoms with Gasteiger partial charge < -0.3 is 14.8 Å². The topological polar surface area (TPSA) is 64.6 Å². The van der Waals surface area contributed by atoms with E-state index in [0.29, 0.717) is 21.5 Å². The van der Waals surface area contributed by atoms with Crippen LogP contribution in [0.4, 0.5) is 5.69 Å². The normalized spacial score (nSPS) is 10.1. The van der Waals surface area contributed by atoms with Crippen LogP contribution in [-0.2, 0) is 20.7 Å². The number of ether oxygens (including phenoxy) is 2. The molecule has 0 bridgehead atoms. The third-order valence-electron chi connectivity index (χ3n) is 3.02. The van der Waals surface area contributed by atoms with Crippen LogP contribution in [0.1, 0.15) is 5.56 Å². The molecule has 0 aromatic heterocycles. The minimum absolute atomic E-state index is 0.166. The minimum atomic E-state index is -0.341. The van der Waals surface area contributed by atoms with Gasteiger partial charge in [0.1, 0.15) is 5.75 Å². The Bertz CT molecular complexity index is 712. The molecule has 0 aliphatic heterocycles. The van der Waals surface area contributed by atoms with Crippen LogP contribution in [-0.4, -0.2) is 25.6 Å². The Kier molecular flexibility index (Phi) is 6.46. The van der Waals surface area contributed by atoms with E-state index in [9.17, 15) is 9.59 Å². The highest BCUT2D eigenvalue weighted by atomic mass is 35.5. The van der Waals surface area contributed by atoms with E-state index < -0.39 is 0 Å². The Morgan fingerprint density at radius 2 is 1.67 bits per heavy atom. The number of esters is 1. The molecule has 2 rings (SSSR count). The lowest BCUT2D eigenvalue weighted by Gasteiger charge is -2.09. The van der Waals surface area contributed by atoms with Gasteiger partial charge >= 0.3 is 5.97 Å². The largest absolute Gasteiger partial charge is 0.484 e. The van der Waals surface area contributed by atoms with E-state index >= 15 is 0 Å². The number of halogens is 2. The summed E-state index contributed by atoms with van der Waals surface area (Å²) in [5.41, 5.74) is 1.29. The molecule has 2 aromatic carbocycles. The molecule has 0 spiro atoms. The summed E-state index contributed by atoms with van der Waals surface area (Å²) in [6.45, 7) is -0.166. The fourth-order valence-corrected chi connectivity index (χ4v) is 2.44. The number of methoxy groups -OCH3 is 1. The van der Waals surface area contributed by atoms with Gasteiger partial charge in [0.15, 0.2) is 6.61 Å². The number of anilines is 1. The molecule has 5 nitrogen and oxygen atoms in total. The number of amides is 1. The summed E-state index contributed by atoms with van der Waals surface area (Å²) in [5.74, 6) is -0.141. The lowest BCUT2D eigenvalue weighted by molar-refractivity contribution is -0.139. The number of nitrogens with one attached hydrogen (secondary N) is 1. The molecular weight excluding hydrogens is 353 g/mol. The second kappa shape index (κ2) is 8.57. The van der Waals surface area contributed by atoms with Crippen molar-refractivity contribution in [1.29, 1.82) is 0 Å². The number of benzene rings is 2. The summed E-state index contributed by atoms with van der Waals surface area (Å²) in [6.07, 6.45) is 0.187. The lowest BCUT2D eigenvalue weighted by Crippen LogP contribution is -2.20. The third-order valence-corrected chi connectivity index (χ3v) is 3.45. The van der Waals surface area contributed by atoms with Crippen molar-refractivity contribution in [2.75, 3.05) is 19.0 Å². The highest BCUT2D eigenvalue weighted by Gasteiger charge is 2.07. The van der Waals surface area contributed by atoms with Gasteiger partial charge in [-0.2, -0.15) is 0 Å². The van der Waals surface area contributed by atoms with Gasteiger partial charge in [-0.15, -0.1) is 0 Å². The SMILES string of the molecule is COC(=O)Cc1ccc(OCC(=O)Nc2cc(Cl)cc(Cl)c2)cc1. The Morgan fingerprint density at radius 1 is 1.04 bits per heavy atom. The molecule has 0 saturated carbocycles. The van der Waals surface area contributed by atoms with Crippen molar-refractivity contribution in [2.45, 2.75) is 6.42 Å². The van der Waals surface area contributed by atoms with Crippen LogP contribution < -0.4 is 10.1 Å². The molecule has 0 unspecified atom stereocenters. The van der Waals surface area contributed by atoms with Gasteiger partial charge in [-0.25, -0.2) is 0 Å². The van der Waals surface area contributed by atoms with Crippen LogP contribution in [0, 0.1) is 0 Å². The average molecular weight is 368 g/mol. The van der Waals surface area contributed by atoms with Gasteiger partial charge in [0.05, 0.1) is 13.5 Å². The Morgan fingerprint density at radius 3 is 2.25 bits per heavy atom. The molecular formula is C17H15Cl2NO4. The van der Waals surface area contributed by atoms with Crippen molar-refractivity contribution in [3.63, 3.8) is 0 Å². The molecule has 0 radical (unpaired) electrons. The summed E-state index contributed by atoms with van der Waals surface area (Å²) in [4.78, 5) is 23.1. The molecule has 0 atom stereocenters. The van der Waals surface area contributed by atoms with Crippen molar-refractivity contribution in [2.24, 2.45) is 0 Å². The Balaban J connectivity index is 1.86. The van der Waals surface area contributed by atoms with Gasteiger partial charge in [0, 0.05) is 15.7 Å². The number of hydrogen-bond acceptors (Lipinski definition) is 4. The summed E-state index contributed by atoms with van der Waals surface area (Å²) in [6, 6.07) is 11.6. The van der Waals surface area contributed by atoms with E-state index in [4.69, 9.17) is 27.9 Å². The molecule has 7 heteroatoms. The van der Waals surface area contributed by atoms with Crippen LogP contribution in [0.5, 0.6) is 5.75 Å². The zero-order valence-electron chi connectivity index (χ0n) is 12.8. The summed E-state index contributed by atoms with van der Waals surface area (Å²) in [7, 11) is 1.34. The molecule has 0 aliphatic carbocycles. The number of carbonyl (C=O) groups is 2. The van der Waals surface area contributed by atoms with Crippen LogP contribution in [0.2, 0.25) is 10.0 Å². The van der Waals surface area contributed by atoms with Crippen LogP contribution in [0.25, 0.3) is 0 Å². The van der Waals surface area contributed by atoms with E-state index in [1.54, 1.807) is 42.5 Å². The zero-order chi connectivity index (χ0) is 17.5. The average Bonchev–Trinajstić information content (AvgIpc) is 2.53. The second-order valence-corrected chi connectivity index (χ2v) is 5.76. The first-order valence-electron chi connectivity index (χ1n) is 7.01. The molecule has 0 fully saturated rings. The van der Waals surface area contributed by atoms with E-state index in [2.05, 4.69) is 10.1 Å². The summed E-state index contributed by atoms with van der Waals surface area (Å²) >= 11 is 11.7. The molecule has 2 aromatic rings. The smallest absolute Gasteiger partial charge is 0.309 e. The lowest BCUT2D eigenvalue weighted by atomic mass is 10.1. The van der Waals surface area contributed by atoms with E-state index in [0.717, 1.165) is 5.56 Å². The first-order valence-corrected chi connectivity index (χ1v) is 7.76. The summed E-state index contributed by atoms with van der Waals surface area (Å²) in [5, 5.41) is 3.51. The summed E-state index contributed by atoms with van der Waals surface area (Å²) < 4.78 is 9.99. The maximum Gasteiger partial charge on any atom is 0.309 e. The molecule has 0 aliphatic rings. The van der Waals surface area contributed by atoms with Crippen molar-refractivity contribution < 1.29 is 19.1 Å². The van der Waals surface area contributed by atoms with Crippen molar-refractivity contribution in [3.05, 3.63) is 58.1 Å². The highest BCUT2D eigenvalue weighted by molar-refractivity contribution is 6.35. The molecule has 1 amide bonds.